The Morgan fingerprint density at radius 1 is 0.737 bits per heavy atom. The number of carboxylic acid groups (broad SMARTS) is 1. The van der Waals surface area contributed by atoms with Crippen molar-refractivity contribution in [2.24, 2.45) is 17.6 Å². The van der Waals surface area contributed by atoms with Crippen molar-refractivity contribution in [3.63, 3.8) is 0 Å². The van der Waals surface area contributed by atoms with Crippen molar-refractivity contribution in [2.45, 2.75) is 209 Å². The normalized spacial score (nSPS) is 23.8. The highest BCUT2D eigenvalue weighted by Gasteiger charge is 2.51. The van der Waals surface area contributed by atoms with Crippen LogP contribution in [0.25, 0.3) is 0 Å². The van der Waals surface area contributed by atoms with Crippen LogP contribution in [0.15, 0.2) is 18.2 Å². The van der Waals surface area contributed by atoms with Crippen LogP contribution in [-0.2, 0) is 68.6 Å². The smallest absolute Gasteiger partial charge is 0.303 e. The number of phenolic OH excluding ortho intramolecular Hbond substituents is 2. The van der Waals surface area contributed by atoms with E-state index < -0.39 is 242 Å². The van der Waals surface area contributed by atoms with Gasteiger partial charge in [-0.05, 0) is 63.9 Å². The summed E-state index contributed by atoms with van der Waals surface area (Å²) in [5, 5.41) is 115. The molecule has 0 radical (unpaired) electrons. The number of rotatable bonds is 31. The number of β-amino-alcohol motifs (C(OH)–C–C–N with tert-alkyl or cyclic N) is 1. The second-order valence-corrected chi connectivity index (χ2v) is 26.2. The summed E-state index contributed by atoms with van der Waals surface area (Å²) in [6, 6.07) is -8.06. The van der Waals surface area contributed by atoms with Crippen molar-refractivity contribution < 1.29 is 122 Å². The molecule has 2 aliphatic heterocycles. The summed E-state index contributed by atoms with van der Waals surface area (Å²) in [5.74, 6) is -15.4. The molecule has 2 aromatic carbocycles. The van der Waals surface area contributed by atoms with E-state index in [1.54, 1.807) is 13.8 Å². The minimum atomic E-state index is -2.51. The fraction of sp³-hybridized carbons (Fsp3) is 0.615. The molecule has 544 valence electrons. The van der Waals surface area contributed by atoms with Gasteiger partial charge in [0, 0.05) is 68.2 Å². The Hall–Kier alpha value is -8.77. The molecule has 34 heteroatoms. The average molecular weight is 1400 g/mol. The maximum Gasteiger partial charge on any atom is 0.303 e. The minimum Gasteiger partial charge on any atom is -0.507 e. The first kappa shape index (κ1) is 77.6. The third-order valence-corrected chi connectivity index (χ3v) is 18.5. The zero-order chi connectivity index (χ0) is 73.1. The first-order valence-corrected chi connectivity index (χ1v) is 32.8. The average Bonchev–Trinajstić information content (AvgIpc) is 1.09. The second kappa shape index (κ2) is 33.9. The maximum atomic E-state index is 14.4. The molecular formula is C65H89N9O25. The number of methoxy groups -OCH3 is 1. The summed E-state index contributed by atoms with van der Waals surface area (Å²) in [4.78, 5) is 176. The third-order valence-electron chi connectivity index (χ3n) is 18.5. The lowest BCUT2D eigenvalue weighted by molar-refractivity contribution is -0.249. The quantitative estimate of drug-likeness (QED) is 0.0275. The number of Topliss-reactive ketones (excluding diaryl/α,β-unsaturated/α-hetero) is 1. The Kier molecular flexibility index (Phi) is 26.5. The molecule has 5 aliphatic rings. The minimum absolute atomic E-state index is 0.0279. The number of fused-ring (bicyclic) bond motifs is 3. The number of aliphatic hydroxyl groups is 6. The number of carbonyl (C=O) groups excluding carboxylic acids is 12. The number of nitrogens with one attached hydrogen (secondary N) is 7. The number of hydrogen-bond donors (Lipinski definition) is 17. The van der Waals surface area contributed by atoms with Gasteiger partial charge < -0.3 is 108 Å². The number of amides is 9. The SMILES string of the molecule is COc1cccc2c1C(=O)c1c(O)c3c(c(O)c1C2=O)C[C@@](O)(C(=O)CO)C[C@@H]3O[C@H]1C[C@H](NC(=O)[C@H](CC(C)C)NC(=O)[C@H](CO)NC(=O)[C@H](CCC(N)=O)NC(=O)[C@@H](NC(=O)[C@H](CO)NC(=O)[C@H](C)NC(=O)[C@@H]2CC(O)CN2C(=O)CCCC(=O)O)C2CCCCC2)[C@H](O)[C@H](C)O1. The Balaban J connectivity index is 1.03. The molecular weight excluding hydrogens is 1310 g/mol. The predicted molar refractivity (Wildman–Crippen MR) is 339 cm³/mol. The molecule has 2 saturated heterocycles. The van der Waals surface area contributed by atoms with Crippen LogP contribution >= 0.6 is 0 Å². The molecule has 34 nitrogen and oxygen atoms in total. The number of benzene rings is 2. The van der Waals surface area contributed by atoms with Crippen molar-refractivity contribution in [1.29, 1.82) is 0 Å². The standard InChI is InChI=1S/C65H89N9O25/c1-28(2)19-37(60(91)69-36-21-47(98-30(4)53(36)84)99-42-23-65(96,43(79)27-77)22-34-49(42)57(88)51-50(55(34)86)54(85)33-13-9-14-41(97-5)48(33)56(51)87)70-61(92)38(25-75)72-59(90)35(17-18-44(66)80)68-64(95)52(31-11-7-6-8-12-31)73-62(93)39(26-76)71-58(89)29(3)67-63(94)40-20-32(78)24-74(40)45(81)15-10-16-46(82)83/h9,13-14,28-32,35-40,42,47,52-53,75-78,84,86,88,96H,6-8,10-12,15-27H2,1-5H3,(H2,66,80)(H,67,94)(H,68,95)(H,69,91)(H,70,92)(H,71,89)(H,72,90)(H,73,93)(H,82,83)/t29-,30-,32?,35-,36-,37-,38-,39-,40-,42-,47-,52-,53+,65-/m0/s1. The number of ether oxygens (including phenoxy) is 3. The third kappa shape index (κ3) is 18.4. The summed E-state index contributed by atoms with van der Waals surface area (Å²) in [7, 11) is 1.25. The lowest BCUT2D eigenvalue weighted by Crippen LogP contribution is -2.62. The molecule has 3 fully saturated rings. The number of carboxylic acids is 1. The largest absolute Gasteiger partial charge is 0.507 e. The van der Waals surface area contributed by atoms with E-state index >= 15 is 0 Å². The van der Waals surface area contributed by atoms with Gasteiger partial charge in [0.2, 0.25) is 58.9 Å². The van der Waals surface area contributed by atoms with Crippen LogP contribution in [0.3, 0.4) is 0 Å². The predicted octanol–water partition coefficient (Wildman–Crippen LogP) is -3.82. The summed E-state index contributed by atoms with van der Waals surface area (Å²) < 4.78 is 17.7. The molecule has 0 bridgehead atoms. The molecule has 99 heavy (non-hydrogen) atoms. The van der Waals surface area contributed by atoms with Crippen molar-refractivity contribution in [3.05, 3.63) is 51.6 Å². The number of ketones is 3. The van der Waals surface area contributed by atoms with Gasteiger partial charge in [-0.1, -0.05) is 45.2 Å². The number of primary amides is 1. The molecule has 0 spiro atoms. The second-order valence-electron chi connectivity index (χ2n) is 26.2. The van der Waals surface area contributed by atoms with Gasteiger partial charge in [0.1, 0.15) is 77.9 Å². The van der Waals surface area contributed by atoms with E-state index in [1.807, 2.05) is 0 Å². The number of carbonyl (C=O) groups is 13. The number of phenols is 2. The molecule has 9 amide bonds. The van der Waals surface area contributed by atoms with Crippen LogP contribution in [0.4, 0.5) is 0 Å². The van der Waals surface area contributed by atoms with Crippen molar-refractivity contribution in [2.75, 3.05) is 33.5 Å². The van der Waals surface area contributed by atoms with Crippen molar-refractivity contribution >= 4 is 76.5 Å². The highest BCUT2D eigenvalue weighted by Crippen LogP contribution is 2.53. The van der Waals surface area contributed by atoms with Gasteiger partial charge in [-0.25, -0.2) is 0 Å². The van der Waals surface area contributed by atoms with Gasteiger partial charge in [-0.3, -0.25) is 62.3 Å². The Bertz CT molecular complexity index is 3430. The van der Waals surface area contributed by atoms with Gasteiger partial charge >= 0.3 is 5.97 Å². The van der Waals surface area contributed by atoms with Crippen LogP contribution in [0.5, 0.6) is 17.2 Å². The summed E-state index contributed by atoms with van der Waals surface area (Å²) in [5.41, 5.74) is 0.557. The molecule has 2 heterocycles. The first-order valence-electron chi connectivity index (χ1n) is 32.8. The molecule has 3 aliphatic carbocycles. The topological polar surface area (TPSA) is 545 Å². The monoisotopic (exact) mass is 1400 g/mol. The van der Waals surface area contributed by atoms with Crippen LogP contribution < -0.4 is 47.7 Å². The fourth-order valence-electron chi connectivity index (χ4n) is 13.3. The number of aliphatic hydroxyl groups excluding tert-OH is 5. The van der Waals surface area contributed by atoms with Crippen LogP contribution in [-0.4, -0.2) is 239 Å². The van der Waals surface area contributed by atoms with Crippen molar-refractivity contribution in [3.8, 4) is 17.2 Å². The highest BCUT2D eigenvalue weighted by molar-refractivity contribution is 6.31. The van der Waals surface area contributed by atoms with Crippen molar-refractivity contribution in [1.82, 2.24) is 42.1 Å². The van der Waals surface area contributed by atoms with E-state index in [0.717, 1.165) is 11.3 Å². The molecule has 14 atom stereocenters. The molecule has 18 N–H and O–H groups in total. The fourth-order valence-corrected chi connectivity index (χ4v) is 13.3. The Labute approximate surface area is 567 Å². The van der Waals surface area contributed by atoms with Crippen LogP contribution in [0.2, 0.25) is 0 Å². The van der Waals surface area contributed by atoms with E-state index in [1.165, 1.54) is 39.2 Å². The highest BCUT2D eigenvalue weighted by atomic mass is 16.7. The van der Waals surface area contributed by atoms with Gasteiger partial charge in [-0.2, -0.15) is 0 Å². The maximum absolute atomic E-state index is 14.4. The molecule has 2 aromatic rings. The molecule has 7 rings (SSSR count). The van der Waals surface area contributed by atoms with Crippen LogP contribution in [0.1, 0.15) is 167 Å². The Morgan fingerprint density at radius 2 is 1.35 bits per heavy atom. The number of nitrogens with zero attached hydrogens (tertiary/aromatic N) is 1. The first-order chi connectivity index (χ1) is 46.8. The van der Waals surface area contributed by atoms with Crippen LogP contribution in [0, 0.1) is 11.8 Å². The zero-order valence-corrected chi connectivity index (χ0v) is 55.4. The number of aromatic hydroxyl groups is 2. The summed E-state index contributed by atoms with van der Waals surface area (Å²) in [6.07, 6.45) is -8.07. The molecule has 1 saturated carbocycles. The molecule has 1 unspecified atom stereocenters. The number of likely N-dealkylation sites (tertiary alicyclic amines) is 1. The summed E-state index contributed by atoms with van der Waals surface area (Å²) >= 11 is 0. The molecule has 0 aromatic heterocycles. The van der Waals surface area contributed by atoms with Gasteiger partial charge in [-0.15, -0.1) is 0 Å². The number of aliphatic carboxylic acids is 1. The Morgan fingerprint density at radius 3 is 1.97 bits per heavy atom. The lowest BCUT2D eigenvalue weighted by atomic mass is 9.72. The van der Waals surface area contributed by atoms with E-state index in [9.17, 15) is 103 Å². The van der Waals surface area contributed by atoms with Gasteiger partial charge in [0.15, 0.2) is 17.9 Å². The van der Waals surface area contributed by atoms with Gasteiger partial charge in [0.25, 0.3) is 0 Å². The van der Waals surface area contributed by atoms with E-state index in [0.29, 0.717) is 25.7 Å². The number of hydrogen-bond acceptors (Lipinski definition) is 24. The van der Waals surface area contributed by atoms with E-state index in [2.05, 4.69) is 37.2 Å². The lowest BCUT2D eigenvalue weighted by Gasteiger charge is -2.43. The zero-order valence-electron chi connectivity index (χ0n) is 55.4. The summed E-state index contributed by atoms with van der Waals surface area (Å²) in [6.45, 7) is 2.46. The van der Waals surface area contributed by atoms with E-state index in [4.69, 9.17) is 25.1 Å². The van der Waals surface area contributed by atoms with E-state index in [-0.39, 0.29) is 72.6 Å². The number of nitrogens with two attached hydrogens (primary N) is 1. The van der Waals surface area contributed by atoms with Gasteiger partial charge in [0.05, 0.1) is 61.4 Å².